The molecule has 2 aromatic carbocycles. The van der Waals surface area contributed by atoms with Crippen molar-refractivity contribution in [2.45, 2.75) is 90.6 Å². The first-order chi connectivity index (χ1) is 23.5. The van der Waals surface area contributed by atoms with Gasteiger partial charge >= 0.3 is 10.2 Å². The van der Waals surface area contributed by atoms with Gasteiger partial charge in [0.1, 0.15) is 5.75 Å². The van der Waals surface area contributed by atoms with Crippen LogP contribution in [-0.2, 0) is 21.5 Å². The summed E-state index contributed by atoms with van der Waals surface area (Å²) in [6.07, 6.45) is 8.80. The van der Waals surface area contributed by atoms with Gasteiger partial charge in [-0.15, -0.1) is 0 Å². The van der Waals surface area contributed by atoms with Gasteiger partial charge in [-0.3, -0.25) is 14.5 Å². The van der Waals surface area contributed by atoms with Crippen LogP contribution in [0.1, 0.15) is 92.6 Å². The second-order valence-corrected chi connectivity index (χ2v) is 16.9. The summed E-state index contributed by atoms with van der Waals surface area (Å²) in [6, 6.07) is 12.2. The monoisotopic (exact) mass is 689 g/mol. The normalized spacial score (nSPS) is 21.1. The molecule has 3 aliphatic heterocycles. The fraction of sp³-hybridized carbons (Fsp3) is 0.579. The number of nitrogens with one attached hydrogen (secondary N) is 1. The number of aromatic nitrogens is 1. The lowest BCUT2D eigenvalue weighted by atomic mass is 9.81. The van der Waals surface area contributed by atoms with E-state index in [1.165, 1.54) is 22.7 Å². The minimum absolute atomic E-state index is 0.145. The molecule has 10 nitrogen and oxygen atoms in total. The van der Waals surface area contributed by atoms with E-state index in [9.17, 15) is 18.0 Å². The number of benzene rings is 2. The number of aryl methyl sites for hydroxylation is 1. The van der Waals surface area contributed by atoms with Gasteiger partial charge in [0, 0.05) is 67.3 Å². The Morgan fingerprint density at radius 3 is 2.39 bits per heavy atom. The van der Waals surface area contributed by atoms with Crippen LogP contribution in [0.25, 0.3) is 22.2 Å². The van der Waals surface area contributed by atoms with Crippen molar-refractivity contribution in [2.24, 2.45) is 5.41 Å². The lowest BCUT2D eigenvalue weighted by Crippen LogP contribution is -2.55. The van der Waals surface area contributed by atoms with Crippen LogP contribution in [0.3, 0.4) is 0 Å². The number of nitrogens with zero attached hydrogens (tertiary/aromatic N) is 4. The zero-order valence-electron chi connectivity index (χ0n) is 29.5. The summed E-state index contributed by atoms with van der Waals surface area (Å²) < 4.78 is 37.2. The summed E-state index contributed by atoms with van der Waals surface area (Å²) in [6.45, 7) is 11.0. The smallest absolute Gasteiger partial charge is 0.304 e. The predicted octanol–water partition coefficient (Wildman–Crippen LogP) is 5.69. The SMILES string of the molecule is COc1ccc(-c2c(C3CCCCC3)c3ccc(C(=O)NS(=O)(=O)N4CCC4)cc3n2CC(C)(C)C(=O)N2CCN3CCC[C@@H]3C2)c(C)c1. The van der Waals surface area contributed by atoms with Crippen LogP contribution in [0.5, 0.6) is 5.75 Å². The third kappa shape index (κ3) is 6.50. The topological polar surface area (TPSA) is 104 Å². The molecule has 1 atom stereocenters. The van der Waals surface area contributed by atoms with E-state index in [0.29, 0.717) is 31.6 Å². The number of fused-ring (bicyclic) bond motifs is 2. The van der Waals surface area contributed by atoms with Crippen molar-refractivity contribution < 1.29 is 22.7 Å². The largest absolute Gasteiger partial charge is 0.497 e. The Balaban J connectivity index is 1.36. The minimum Gasteiger partial charge on any atom is -0.497 e. The molecule has 1 aliphatic carbocycles. The van der Waals surface area contributed by atoms with E-state index in [4.69, 9.17) is 4.74 Å². The highest BCUT2D eigenvalue weighted by Crippen LogP contribution is 2.46. The second kappa shape index (κ2) is 13.4. The quantitative estimate of drug-likeness (QED) is 0.310. The van der Waals surface area contributed by atoms with E-state index in [0.717, 1.165) is 98.2 Å². The molecule has 1 N–H and O–H groups in total. The van der Waals surface area contributed by atoms with E-state index in [-0.39, 0.29) is 11.5 Å². The molecule has 0 bridgehead atoms. The first-order valence-electron chi connectivity index (χ1n) is 18.1. The van der Waals surface area contributed by atoms with Gasteiger partial charge in [0.25, 0.3) is 5.91 Å². The third-order valence-electron chi connectivity index (χ3n) is 11.5. The van der Waals surface area contributed by atoms with Crippen LogP contribution in [0, 0.1) is 12.3 Å². The van der Waals surface area contributed by atoms with E-state index < -0.39 is 21.5 Å². The Labute approximate surface area is 290 Å². The number of methoxy groups -OCH3 is 1. The zero-order chi connectivity index (χ0) is 34.5. The molecule has 4 fully saturated rings. The number of ether oxygens (including phenoxy) is 1. The maximum Gasteiger partial charge on any atom is 0.304 e. The maximum absolute atomic E-state index is 14.4. The van der Waals surface area contributed by atoms with Gasteiger partial charge in [0.15, 0.2) is 0 Å². The van der Waals surface area contributed by atoms with Crippen LogP contribution < -0.4 is 9.46 Å². The average Bonchev–Trinajstić information content (AvgIpc) is 3.65. The molecule has 264 valence electrons. The van der Waals surface area contributed by atoms with E-state index >= 15 is 0 Å². The summed E-state index contributed by atoms with van der Waals surface area (Å²) in [5, 5.41) is 1.06. The predicted molar refractivity (Wildman–Crippen MR) is 192 cm³/mol. The summed E-state index contributed by atoms with van der Waals surface area (Å²) in [7, 11) is -2.23. The summed E-state index contributed by atoms with van der Waals surface area (Å²) in [5.74, 6) is 0.613. The number of amides is 2. The van der Waals surface area contributed by atoms with Crippen LogP contribution >= 0.6 is 0 Å². The van der Waals surface area contributed by atoms with E-state index in [2.05, 4.69) is 38.1 Å². The fourth-order valence-electron chi connectivity index (χ4n) is 8.64. The lowest BCUT2D eigenvalue weighted by molar-refractivity contribution is -0.143. The van der Waals surface area contributed by atoms with E-state index in [1.54, 1.807) is 13.2 Å². The number of hydrogen-bond donors (Lipinski definition) is 1. The Kier molecular flexibility index (Phi) is 9.30. The number of hydrogen-bond acceptors (Lipinski definition) is 6. The molecule has 11 heteroatoms. The standard InChI is InChI=1S/C38H51N5O5S/c1-26-22-30(48-4)14-16-31(26)35-34(27-10-6-5-7-11-27)32-15-13-28(36(44)39-49(46,47)42-18-9-19-42)23-33(32)43(35)25-38(2,3)37(45)41-21-20-40-17-8-12-29(40)24-41/h13-16,22-23,27,29H,5-12,17-21,24-25H2,1-4H3,(H,39,44)/t29-/m1/s1. The van der Waals surface area contributed by atoms with Crippen molar-refractivity contribution in [3.05, 3.63) is 53.1 Å². The number of rotatable bonds is 9. The summed E-state index contributed by atoms with van der Waals surface area (Å²) in [5.41, 5.74) is 4.86. The molecular formula is C38H51N5O5S. The van der Waals surface area contributed by atoms with Gasteiger partial charge < -0.3 is 14.2 Å². The molecule has 4 aliphatic rings. The average molecular weight is 690 g/mol. The highest BCUT2D eigenvalue weighted by atomic mass is 32.2. The summed E-state index contributed by atoms with van der Waals surface area (Å²) in [4.78, 5) is 32.5. The van der Waals surface area contributed by atoms with Crippen molar-refractivity contribution in [2.75, 3.05) is 46.4 Å². The van der Waals surface area contributed by atoms with Crippen molar-refractivity contribution in [1.29, 1.82) is 0 Å². The van der Waals surface area contributed by atoms with Crippen LogP contribution in [0.4, 0.5) is 0 Å². The van der Waals surface area contributed by atoms with Gasteiger partial charge in [-0.25, -0.2) is 4.72 Å². The van der Waals surface area contributed by atoms with Gasteiger partial charge in [0.05, 0.1) is 18.2 Å². The lowest BCUT2D eigenvalue weighted by Gasteiger charge is -2.41. The fourth-order valence-corrected chi connectivity index (χ4v) is 9.86. The number of piperazine rings is 1. The molecule has 2 amide bonds. The van der Waals surface area contributed by atoms with Crippen LogP contribution in [0.2, 0.25) is 0 Å². The Hall–Kier alpha value is -3.41. The third-order valence-corrected chi connectivity index (χ3v) is 12.9. The molecule has 49 heavy (non-hydrogen) atoms. The highest BCUT2D eigenvalue weighted by Gasteiger charge is 2.40. The second-order valence-electron chi connectivity index (χ2n) is 15.3. The van der Waals surface area contributed by atoms with Crippen molar-refractivity contribution in [3.63, 3.8) is 0 Å². The van der Waals surface area contributed by atoms with Gasteiger partial charge in [-0.05, 0) is 107 Å². The molecule has 3 aromatic rings. The minimum atomic E-state index is -3.91. The molecule has 0 unspecified atom stereocenters. The molecule has 0 radical (unpaired) electrons. The number of carbonyl (C=O) groups excluding carboxylic acids is 2. The number of carbonyl (C=O) groups is 2. The molecule has 1 aromatic heterocycles. The Morgan fingerprint density at radius 2 is 1.69 bits per heavy atom. The molecule has 0 spiro atoms. The Bertz CT molecular complexity index is 1860. The van der Waals surface area contributed by atoms with E-state index in [1.807, 2.05) is 32.0 Å². The van der Waals surface area contributed by atoms with Crippen LogP contribution in [-0.4, -0.2) is 91.3 Å². The molecule has 7 rings (SSSR count). The van der Waals surface area contributed by atoms with Crippen molar-refractivity contribution in [1.82, 2.24) is 23.4 Å². The molecule has 3 saturated heterocycles. The molecule has 1 saturated carbocycles. The summed E-state index contributed by atoms with van der Waals surface area (Å²) >= 11 is 0. The molecular weight excluding hydrogens is 639 g/mol. The first-order valence-corrected chi connectivity index (χ1v) is 19.6. The van der Waals surface area contributed by atoms with Crippen molar-refractivity contribution in [3.8, 4) is 17.0 Å². The highest BCUT2D eigenvalue weighted by molar-refractivity contribution is 7.87. The van der Waals surface area contributed by atoms with Gasteiger partial charge in [-0.1, -0.05) is 25.3 Å². The maximum atomic E-state index is 14.4. The van der Waals surface area contributed by atoms with Crippen LogP contribution in [0.15, 0.2) is 36.4 Å². The van der Waals surface area contributed by atoms with Crippen molar-refractivity contribution >= 4 is 32.9 Å². The Morgan fingerprint density at radius 1 is 0.918 bits per heavy atom. The zero-order valence-corrected chi connectivity index (χ0v) is 30.3. The molecule has 4 heterocycles. The van der Waals surface area contributed by atoms with Gasteiger partial charge in [-0.2, -0.15) is 12.7 Å². The van der Waals surface area contributed by atoms with Gasteiger partial charge in [0.2, 0.25) is 5.91 Å². The first kappa shape index (κ1) is 34.1.